The maximum Gasteiger partial charge on any atom is 0.316 e. The van der Waals surface area contributed by atoms with Crippen LogP contribution in [0, 0.1) is 5.82 Å². The molecule has 0 saturated carbocycles. The van der Waals surface area contributed by atoms with E-state index in [1.807, 2.05) is 0 Å². The monoisotopic (exact) mass is 361 g/mol. The number of rotatable bonds is 5. The maximum atomic E-state index is 12.9. The van der Waals surface area contributed by atoms with Gasteiger partial charge in [-0.15, -0.1) is 0 Å². The van der Waals surface area contributed by atoms with E-state index in [1.165, 1.54) is 14.2 Å². The quantitative estimate of drug-likeness (QED) is 0.814. The van der Waals surface area contributed by atoms with Crippen molar-refractivity contribution in [2.24, 2.45) is 0 Å². The summed E-state index contributed by atoms with van der Waals surface area (Å²) in [4.78, 5) is 22.3. The largest absolute Gasteiger partial charge is 0.493 e. The molecular weight excluding hydrogens is 341 g/mol. The minimum atomic E-state index is -0.525. The molecular formula is C18H20FN3O4. The average Bonchev–Trinajstić information content (AvgIpc) is 2.68. The van der Waals surface area contributed by atoms with Crippen LogP contribution in [0.3, 0.4) is 0 Å². The number of nitrogens with zero attached hydrogens (tertiary/aromatic N) is 3. The van der Waals surface area contributed by atoms with E-state index in [9.17, 15) is 9.18 Å². The van der Waals surface area contributed by atoms with Crippen LogP contribution in [0.25, 0.3) is 0 Å². The molecule has 0 bridgehead atoms. The van der Waals surface area contributed by atoms with E-state index in [1.54, 1.807) is 23.1 Å². The minimum absolute atomic E-state index is 0.102. The molecule has 1 saturated heterocycles. The second kappa shape index (κ2) is 7.99. The lowest BCUT2D eigenvalue weighted by Gasteiger charge is -2.32. The molecule has 1 aromatic heterocycles. The van der Waals surface area contributed by atoms with E-state index in [0.717, 1.165) is 25.2 Å². The fourth-order valence-electron chi connectivity index (χ4n) is 2.96. The van der Waals surface area contributed by atoms with Crippen LogP contribution < -0.4 is 14.2 Å². The number of hydrogen-bond donors (Lipinski definition) is 0. The molecule has 2 aromatic rings. The van der Waals surface area contributed by atoms with Gasteiger partial charge >= 0.3 is 6.01 Å². The van der Waals surface area contributed by atoms with Crippen LogP contribution in [0.5, 0.6) is 17.5 Å². The zero-order valence-electron chi connectivity index (χ0n) is 14.6. The van der Waals surface area contributed by atoms with Crippen LogP contribution in [-0.4, -0.2) is 54.2 Å². The molecule has 1 unspecified atom stereocenters. The summed E-state index contributed by atoms with van der Waals surface area (Å²) in [6.07, 6.45) is 3.39. The van der Waals surface area contributed by atoms with Gasteiger partial charge in [0.15, 0.2) is 17.3 Å². The van der Waals surface area contributed by atoms with Gasteiger partial charge in [0.05, 0.1) is 38.7 Å². The number of ether oxygens (including phenoxy) is 3. The van der Waals surface area contributed by atoms with Gasteiger partial charge in [0.1, 0.15) is 6.10 Å². The number of piperidine rings is 1. The topological polar surface area (TPSA) is 73.8 Å². The summed E-state index contributed by atoms with van der Waals surface area (Å²) < 4.78 is 29.2. The van der Waals surface area contributed by atoms with E-state index in [-0.39, 0.29) is 18.0 Å². The zero-order chi connectivity index (χ0) is 18.5. The molecule has 138 valence electrons. The van der Waals surface area contributed by atoms with E-state index < -0.39 is 5.82 Å². The van der Waals surface area contributed by atoms with Crippen LogP contribution in [0.1, 0.15) is 23.2 Å². The van der Waals surface area contributed by atoms with Gasteiger partial charge in [-0.2, -0.15) is 0 Å². The molecule has 1 amide bonds. The Kier molecular flexibility index (Phi) is 5.50. The third-order valence-corrected chi connectivity index (χ3v) is 4.17. The fraction of sp³-hybridized carbons (Fsp3) is 0.389. The average molecular weight is 361 g/mol. The summed E-state index contributed by atoms with van der Waals surface area (Å²) in [6, 6.07) is 5.30. The Hall–Kier alpha value is -2.90. The Balaban J connectivity index is 1.73. The van der Waals surface area contributed by atoms with Crippen LogP contribution in [-0.2, 0) is 0 Å². The van der Waals surface area contributed by atoms with Gasteiger partial charge in [0.25, 0.3) is 5.91 Å². The molecule has 2 heterocycles. The second-order valence-corrected chi connectivity index (χ2v) is 5.86. The van der Waals surface area contributed by atoms with Crippen molar-refractivity contribution in [1.29, 1.82) is 0 Å². The van der Waals surface area contributed by atoms with Crippen molar-refractivity contribution < 1.29 is 23.4 Å². The van der Waals surface area contributed by atoms with Gasteiger partial charge in [-0.3, -0.25) is 4.79 Å². The number of benzene rings is 1. The molecule has 1 fully saturated rings. The fourth-order valence-corrected chi connectivity index (χ4v) is 2.96. The Morgan fingerprint density at radius 3 is 2.69 bits per heavy atom. The van der Waals surface area contributed by atoms with Gasteiger partial charge in [-0.1, -0.05) is 6.07 Å². The summed E-state index contributed by atoms with van der Waals surface area (Å²) in [6.45, 7) is 1.00. The first-order valence-corrected chi connectivity index (χ1v) is 8.27. The summed E-state index contributed by atoms with van der Waals surface area (Å²) in [7, 11) is 3.03. The highest BCUT2D eigenvalue weighted by atomic mass is 19.1. The van der Waals surface area contributed by atoms with Gasteiger partial charge in [0, 0.05) is 6.54 Å². The van der Waals surface area contributed by atoms with Crippen molar-refractivity contribution in [1.82, 2.24) is 14.9 Å². The number of amides is 1. The van der Waals surface area contributed by atoms with Gasteiger partial charge < -0.3 is 19.1 Å². The van der Waals surface area contributed by atoms with E-state index in [4.69, 9.17) is 14.2 Å². The molecule has 1 aliphatic heterocycles. The van der Waals surface area contributed by atoms with Crippen molar-refractivity contribution in [3.63, 3.8) is 0 Å². The number of aromatic nitrogens is 2. The number of carbonyl (C=O) groups excluding carboxylic acids is 1. The zero-order valence-corrected chi connectivity index (χ0v) is 14.6. The third kappa shape index (κ3) is 3.84. The lowest BCUT2D eigenvalue weighted by atomic mass is 10.1. The molecule has 1 aliphatic rings. The molecule has 0 spiro atoms. The van der Waals surface area contributed by atoms with Crippen molar-refractivity contribution in [3.8, 4) is 17.5 Å². The molecule has 1 aromatic carbocycles. The van der Waals surface area contributed by atoms with Crippen LogP contribution in [0.15, 0.2) is 30.6 Å². The lowest BCUT2D eigenvalue weighted by molar-refractivity contribution is 0.0512. The SMILES string of the molecule is COc1cccc(C(=O)N2CCCC(Oc3ncc(F)cn3)C2)c1OC. The van der Waals surface area contributed by atoms with Gasteiger partial charge in [-0.05, 0) is 25.0 Å². The number of halogens is 1. The minimum Gasteiger partial charge on any atom is -0.493 e. The highest BCUT2D eigenvalue weighted by Crippen LogP contribution is 2.32. The van der Waals surface area contributed by atoms with Crippen LogP contribution in [0.4, 0.5) is 4.39 Å². The number of carbonyl (C=O) groups is 1. The Morgan fingerprint density at radius 1 is 1.23 bits per heavy atom. The highest BCUT2D eigenvalue weighted by molar-refractivity contribution is 5.97. The van der Waals surface area contributed by atoms with E-state index in [0.29, 0.717) is 30.2 Å². The predicted octanol–water partition coefficient (Wildman–Crippen LogP) is 2.32. The third-order valence-electron chi connectivity index (χ3n) is 4.17. The smallest absolute Gasteiger partial charge is 0.316 e. The summed E-state index contributed by atoms with van der Waals surface area (Å²) in [5.74, 6) is 0.227. The van der Waals surface area contributed by atoms with E-state index >= 15 is 0 Å². The van der Waals surface area contributed by atoms with Crippen molar-refractivity contribution in [3.05, 3.63) is 42.0 Å². The maximum absolute atomic E-state index is 12.9. The first kappa shape index (κ1) is 17.9. The van der Waals surface area contributed by atoms with Crippen molar-refractivity contribution >= 4 is 5.91 Å². The normalized spacial score (nSPS) is 16.9. The number of likely N-dealkylation sites (tertiary alicyclic amines) is 1. The van der Waals surface area contributed by atoms with Crippen LogP contribution >= 0.6 is 0 Å². The predicted molar refractivity (Wildman–Crippen MR) is 91.1 cm³/mol. The molecule has 8 heteroatoms. The first-order valence-electron chi connectivity index (χ1n) is 8.27. The summed E-state index contributed by atoms with van der Waals surface area (Å²) in [5.41, 5.74) is 0.436. The first-order chi connectivity index (χ1) is 12.6. The second-order valence-electron chi connectivity index (χ2n) is 5.86. The molecule has 0 aliphatic carbocycles. The van der Waals surface area contributed by atoms with E-state index in [2.05, 4.69) is 9.97 Å². The number of hydrogen-bond acceptors (Lipinski definition) is 6. The van der Waals surface area contributed by atoms with Crippen molar-refractivity contribution in [2.45, 2.75) is 18.9 Å². The number of methoxy groups -OCH3 is 2. The Labute approximate surface area is 150 Å². The molecule has 1 atom stereocenters. The molecule has 0 N–H and O–H groups in total. The van der Waals surface area contributed by atoms with Crippen LogP contribution in [0.2, 0.25) is 0 Å². The molecule has 7 nitrogen and oxygen atoms in total. The standard InChI is InChI=1S/C18H20FN3O4/c1-24-15-7-3-6-14(16(15)25-2)17(23)22-8-4-5-13(11-22)26-18-20-9-12(19)10-21-18/h3,6-7,9-10,13H,4-5,8,11H2,1-2H3. The van der Waals surface area contributed by atoms with Gasteiger partial charge in [-0.25, -0.2) is 14.4 Å². The Bertz CT molecular complexity index is 770. The summed E-state index contributed by atoms with van der Waals surface area (Å²) in [5, 5.41) is 0. The van der Waals surface area contributed by atoms with Gasteiger partial charge in [0.2, 0.25) is 0 Å². The molecule has 26 heavy (non-hydrogen) atoms. The highest BCUT2D eigenvalue weighted by Gasteiger charge is 2.28. The number of para-hydroxylation sites is 1. The molecule has 3 rings (SSSR count). The molecule has 0 radical (unpaired) electrons. The van der Waals surface area contributed by atoms with Crippen molar-refractivity contribution in [2.75, 3.05) is 27.3 Å². The summed E-state index contributed by atoms with van der Waals surface area (Å²) >= 11 is 0. The Morgan fingerprint density at radius 2 is 2.00 bits per heavy atom. The lowest BCUT2D eigenvalue weighted by Crippen LogP contribution is -2.44.